The zero-order valence-electron chi connectivity index (χ0n) is 24.7. The summed E-state index contributed by atoms with van der Waals surface area (Å²) in [5.74, 6) is 0.119. The number of hydrogen-bond acceptors (Lipinski definition) is 5. The van der Waals surface area contributed by atoms with Gasteiger partial charge in [-0.2, -0.15) is 0 Å². The smallest absolute Gasteiger partial charge is 0.264 e. The average molecular weight is 580 g/mol. The Labute approximate surface area is 244 Å². The summed E-state index contributed by atoms with van der Waals surface area (Å²) >= 11 is 0. The first-order valence-corrected chi connectivity index (χ1v) is 15.3. The van der Waals surface area contributed by atoms with Crippen LogP contribution in [-0.4, -0.2) is 50.9 Å². The third kappa shape index (κ3) is 8.10. The zero-order valence-corrected chi connectivity index (χ0v) is 25.5. The highest BCUT2D eigenvalue weighted by Crippen LogP contribution is 2.27. The minimum atomic E-state index is -4.10. The number of benzene rings is 3. The van der Waals surface area contributed by atoms with E-state index in [-0.39, 0.29) is 29.3 Å². The van der Waals surface area contributed by atoms with Crippen LogP contribution in [0.5, 0.6) is 5.75 Å². The van der Waals surface area contributed by atoms with Crippen LogP contribution in [0.3, 0.4) is 0 Å². The van der Waals surface area contributed by atoms with Crippen molar-refractivity contribution in [3.63, 3.8) is 0 Å². The molecule has 0 aromatic heterocycles. The summed E-state index contributed by atoms with van der Waals surface area (Å²) in [6.07, 6.45) is 0.736. The van der Waals surface area contributed by atoms with Crippen LogP contribution in [0.1, 0.15) is 58.1 Å². The molecule has 9 heteroatoms. The van der Waals surface area contributed by atoms with Gasteiger partial charge in [0, 0.05) is 12.6 Å². The predicted molar refractivity (Wildman–Crippen MR) is 162 cm³/mol. The lowest BCUT2D eigenvalue weighted by Gasteiger charge is -2.32. The minimum absolute atomic E-state index is 0.0719. The van der Waals surface area contributed by atoms with Gasteiger partial charge >= 0.3 is 0 Å². The second-order valence-electron chi connectivity index (χ2n) is 10.4. The number of anilines is 1. The fraction of sp³-hybridized carbons (Fsp3) is 0.375. The van der Waals surface area contributed by atoms with Crippen molar-refractivity contribution in [1.82, 2.24) is 10.2 Å². The summed E-state index contributed by atoms with van der Waals surface area (Å²) < 4.78 is 34.1. The molecule has 220 valence electrons. The van der Waals surface area contributed by atoms with Crippen LogP contribution in [0.25, 0.3) is 0 Å². The third-order valence-electron chi connectivity index (χ3n) is 7.14. The van der Waals surface area contributed by atoms with Crippen molar-refractivity contribution >= 4 is 27.5 Å². The van der Waals surface area contributed by atoms with Gasteiger partial charge in [0.25, 0.3) is 10.0 Å². The number of carbonyl (C=O) groups is 2. The molecule has 1 N–H and O–H groups in total. The molecule has 0 saturated heterocycles. The monoisotopic (exact) mass is 579 g/mol. The molecule has 3 aromatic carbocycles. The van der Waals surface area contributed by atoms with Crippen molar-refractivity contribution < 1.29 is 22.7 Å². The summed E-state index contributed by atoms with van der Waals surface area (Å²) in [5, 5.41) is 2.94. The van der Waals surface area contributed by atoms with Crippen molar-refractivity contribution in [3.05, 3.63) is 90.0 Å². The Bertz CT molecular complexity index is 1390. The summed E-state index contributed by atoms with van der Waals surface area (Å²) in [7, 11) is -2.53. The molecule has 0 aliphatic heterocycles. The predicted octanol–water partition coefficient (Wildman–Crippen LogP) is 5.35. The lowest BCUT2D eigenvalue weighted by atomic mass is 10.0. The second-order valence-corrected chi connectivity index (χ2v) is 12.3. The Hall–Kier alpha value is -3.85. The molecule has 3 rings (SSSR count). The molecular formula is C32H41N3O5S. The van der Waals surface area contributed by atoms with Crippen molar-refractivity contribution in [2.45, 2.75) is 70.5 Å². The number of ether oxygens (including phenoxy) is 1. The highest BCUT2D eigenvalue weighted by molar-refractivity contribution is 7.92. The standard InChI is InChI=1S/C32H41N3O5S/c1-7-24(4)33-32(37)25(5)34(21-26-13-19-29(40-6)20-14-26)31(36)22-35(28-17-15-27(16-18-28)23(2)3)41(38,39)30-11-9-8-10-12-30/h8-20,23-25H,7,21-22H2,1-6H3,(H,33,37)/t24-,25+/m1/s1. The van der Waals surface area contributed by atoms with Crippen LogP contribution in [0, 0.1) is 0 Å². The third-order valence-corrected chi connectivity index (χ3v) is 8.93. The number of carbonyl (C=O) groups excluding carboxylic acids is 2. The van der Waals surface area contributed by atoms with Crippen LogP contribution in [0.2, 0.25) is 0 Å². The fourth-order valence-corrected chi connectivity index (χ4v) is 5.68. The van der Waals surface area contributed by atoms with Crippen LogP contribution in [0.15, 0.2) is 83.8 Å². The summed E-state index contributed by atoms with van der Waals surface area (Å²) in [4.78, 5) is 28.7. The first-order chi connectivity index (χ1) is 19.5. The van der Waals surface area contributed by atoms with Crippen molar-refractivity contribution in [1.29, 1.82) is 0 Å². The van der Waals surface area contributed by atoms with Gasteiger partial charge in [-0.3, -0.25) is 13.9 Å². The largest absolute Gasteiger partial charge is 0.497 e. The molecule has 0 unspecified atom stereocenters. The lowest BCUT2D eigenvalue weighted by Crippen LogP contribution is -2.52. The van der Waals surface area contributed by atoms with Gasteiger partial charge < -0.3 is 15.0 Å². The van der Waals surface area contributed by atoms with Crippen LogP contribution < -0.4 is 14.4 Å². The number of sulfonamides is 1. The van der Waals surface area contributed by atoms with E-state index in [4.69, 9.17) is 4.74 Å². The number of nitrogens with zero attached hydrogens (tertiary/aromatic N) is 2. The lowest BCUT2D eigenvalue weighted by molar-refractivity contribution is -0.139. The molecule has 0 aliphatic carbocycles. The Morgan fingerprint density at radius 2 is 1.49 bits per heavy atom. The Morgan fingerprint density at radius 3 is 2.02 bits per heavy atom. The Kier molecular flexibility index (Phi) is 10.9. The molecule has 0 spiro atoms. The van der Waals surface area contributed by atoms with E-state index in [1.807, 2.05) is 38.1 Å². The number of nitrogens with one attached hydrogen (secondary N) is 1. The maximum absolute atomic E-state index is 14.0. The van der Waals surface area contributed by atoms with E-state index < -0.39 is 28.5 Å². The van der Waals surface area contributed by atoms with Crippen LogP contribution >= 0.6 is 0 Å². The van der Waals surface area contributed by atoms with E-state index in [0.717, 1.165) is 21.9 Å². The molecule has 0 saturated carbocycles. The quantitative estimate of drug-likeness (QED) is 0.295. The summed E-state index contributed by atoms with van der Waals surface area (Å²) in [5.41, 5.74) is 2.20. The molecular weight excluding hydrogens is 538 g/mol. The van der Waals surface area contributed by atoms with Gasteiger partial charge in [0.1, 0.15) is 18.3 Å². The highest BCUT2D eigenvalue weighted by Gasteiger charge is 2.32. The maximum Gasteiger partial charge on any atom is 0.264 e. The second kappa shape index (κ2) is 14.2. The molecule has 3 aromatic rings. The SMILES string of the molecule is CC[C@@H](C)NC(=O)[C@H](C)N(Cc1ccc(OC)cc1)C(=O)CN(c1ccc(C(C)C)cc1)S(=O)(=O)c1ccccc1. The van der Waals surface area contributed by atoms with Gasteiger partial charge in [0.15, 0.2) is 0 Å². The number of amides is 2. The number of methoxy groups -OCH3 is 1. The molecule has 0 aliphatic rings. The zero-order chi connectivity index (χ0) is 30.2. The van der Waals surface area contributed by atoms with Crippen molar-refractivity contribution in [2.75, 3.05) is 18.0 Å². The molecule has 2 atom stereocenters. The topological polar surface area (TPSA) is 96.0 Å². The summed E-state index contributed by atoms with van der Waals surface area (Å²) in [6, 6.07) is 21.5. The van der Waals surface area contributed by atoms with E-state index in [2.05, 4.69) is 19.2 Å². The van der Waals surface area contributed by atoms with E-state index in [1.165, 1.54) is 17.0 Å². The van der Waals surface area contributed by atoms with Gasteiger partial charge in [0.2, 0.25) is 11.8 Å². The van der Waals surface area contributed by atoms with Crippen LogP contribution in [0.4, 0.5) is 5.69 Å². The van der Waals surface area contributed by atoms with Gasteiger partial charge in [-0.25, -0.2) is 8.42 Å². The first kappa shape index (κ1) is 31.7. The Balaban J connectivity index is 2.02. The molecule has 8 nitrogen and oxygen atoms in total. The number of hydrogen-bond donors (Lipinski definition) is 1. The van der Waals surface area contributed by atoms with E-state index in [9.17, 15) is 18.0 Å². The van der Waals surface area contributed by atoms with Crippen molar-refractivity contribution in [3.8, 4) is 5.75 Å². The first-order valence-electron chi connectivity index (χ1n) is 13.9. The van der Waals surface area contributed by atoms with Crippen molar-refractivity contribution in [2.24, 2.45) is 0 Å². The number of rotatable bonds is 13. The molecule has 0 bridgehead atoms. The van der Waals surface area contributed by atoms with Gasteiger partial charge in [-0.1, -0.05) is 63.2 Å². The van der Waals surface area contributed by atoms with Gasteiger partial charge in [0.05, 0.1) is 17.7 Å². The molecule has 0 heterocycles. The minimum Gasteiger partial charge on any atom is -0.497 e. The molecule has 0 fully saturated rings. The highest BCUT2D eigenvalue weighted by atomic mass is 32.2. The molecule has 0 radical (unpaired) electrons. The van der Waals surface area contributed by atoms with Gasteiger partial charge in [-0.15, -0.1) is 0 Å². The van der Waals surface area contributed by atoms with E-state index in [1.54, 1.807) is 56.5 Å². The summed E-state index contributed by atoms with van der Waals surface area (Å²) in [6.45, 7) is 9.27. The Morgan fingerprint density at radius 1 is 0.878 bits per heavy atom. The molecule has 2 amide bonds. The van der Waals surface area contributed by atoms with E-state index in [0.29, 0.717) is 11.4 Å². The van der Waals surface area contributed by atoms with Crippen LogP contribution in [-0.2, 0) is 26.2 Å². The average Bonchev–Trinajstić information content (AvgIpc) is 2.98. The maximum atomic E-state index is 14.0. The van der Waals surface area contributed by atoms with E-state index >= 15 is 0 Å². The normalized spacial score (nSPS) is 12.9. The molecule has 41 heavy (non-hydrogen) atoms. The van der Waals surface area contributed by atoms with Gasteiger partial charge in [-0.05, 0) is 73.7 Å². The fourth-order valence-electron chi connectivity index (χ4n) is 4.25.